The number of nitrogens with one attached hydrogen (secondary N) is 2. The highest BCUT2D eigenvalue weighted by Crippen LogP contribution is 1.93. The van der Waals surface area contributed by atoms with E-state index in [1.165, 1.54) is 18.3 Å². The summed E-state index contributed by atoms with van der Waals surface area (Å²) in [6, 6.07) is 2.79. The van der Waals surface area contributed by atoms with Crippen LogP contribution in [0.15, 0.2) is 23.1 Å². The Hall–Kier alpha value is -1.62. The minimum absolute atomic E-state index is 0.0308. The van der Waals surface area contributed by atoms with Gasteiger partial charge in [0.25, 0.3) is 5.91 Å². The highest BCUT2D eigenvalue weighted by atomic mass is 16.5. The molecule has 0 aromatic carbocycles. The van der Waals surface area contributed by atoms with Gasteiger partial charge in [0, 0.05) is 25.9 Å². The van der Waals surface area contributed by atoms with Gasteiger partial charge in [-0.1, -0.05) is 0 Å². The predicted molar refractivity (Wildman–Crippen MR) is 55.9 cm³/mol. The summed E-state index contributed by atoms with van der Waals surface area (Å²) < 4.78 is 4.98. The summed E-state index contributed by atoms with van der Waals surface area (Å²) in [6.45, 7) is 2.29. The molecule has 0 bridgehead atoms. The van der Waals surface area contributed by atoms with Gasteiger partial charge in [0.15, 0.2) is 0 Å². The number of rotatable bonds is 4. The lowest BCUT2D eigenvalue weighted by molar-refractivity contribution is 0.0870. The van der Waals surface area contributed by atoms with Crippen LogP contribution in [0.25, 0.3) is 0 Å². The highest BCUT2D eigenvalue weighted by molar-refractivity contribution is 5.93. The van der Waals surface area contributed by atoms with Crippen LogP contribution in [0.2, 0.25) is 0 Å². The second-order valence-corrected chi connectivity index (χ2v) is 3.20. The van der Waals surface area contributed by atoms with Crippen LogP contribution in [0.3, 0.4) is 0 Å². The van der Waals surface area contributed by atoms with E-state index in [4.69, 9.17) is 4.74 Å². The van der Waals surface area contributed by atoms with Gasteiger partial charge in [0.2, 0.25) is 5.56 Å². The molecule has 2 N–H and O–H groups in total. The van der Waals surface area contributed by atoms with Gasteiger partial charge in [-0.25, -0.2) is 0 Å². The van der Waals surface area contributed by atoms with Crippen molar-refractivity contribution in [3.63, 3.8) is 0 Å². The van der Waals surface area contributed by atoms with E-state index in [0.29, 0.717) is 12.1 Å². The quantitative estimate of drug-likeness (QED) is 0.742. The molecule has 5 nitrogen and oxygen atoms in total. The summed E-state index contributed by atoms with van der Waals surface area (Å²) in [6.07, 6.45) is 1.35. The molecule has 1 atom stereocenters. The SMILES string of the molecule is COC(C)CNC(=O)c1ccc(=O)[nH]c1. The second-order valence-electron chi connectivity index (χ2n) is 3.20. The number of hydrogen-bond acceptors (Lipinski definition) is 3. The number of pyridine rings is 1. The van der Waals surface area contributed by atoms with Crippen LogP contribution in [0.1, 0.15) is 17.3 Å². The van der Waals surface area contributed by atoms with Gasteiger partial charge in [-0.05, 0) is 13.0 Å². The van der Waals surface area contributed by atoms with Gasteiger partial charge in [0.05, 0.1) is 11.7 Å². The molecule has 1 rings (SSSR count). The summed E-state index contributed by atoms with van der Waals surface area (Å²) in [5.41, 5.74) is 0.203. The van der Waals surface area contributed by atoms with E-state index in [-0.39, 0.29) is 17.6 Å². The number of hydrogen-bond donors (Lipinski definition) is 2. The molecular formula is C10H14N2O3. The Labute approximate surface area is 87.5 Å². The number of aromatic amines is 1. The van der Waals surface area contributed by atoms with Gasteiger partial charge < -0.3 is 15.0 Å². The number of ether oxygens (including phenoxy) is 1. The molecule has 82 valence electrons. The van der Waals surface area contributed by atoms with Crippen LogP contribution in [0.5, 0.6) is 0 Å². The first-order valence-corrected chi connectivity index (χ1v) is 4.63. The summed E-state index contributed by atoms with van der Waals surface area (Å²) in [5.74, 6) is -0.227. The zero-order valence-electron chi connectivity index (χ0n) is 8.74. The molecule has 0 aliphatic rings. The summed E-state index contributed by atoms with van der Waals surface area (Å²) >= 11 is 0. The first-order chi connectivity index (χ1) is 7.13. The van der Waals surface area contributed by atoms with E-state index >= 15 is 0 Å². The van der Waals surface area contributed by atoms with Crippen molar-refractivity contribution in [3.8, 4) is 0 Å². The van der Waals surface area contributed by atoms with Crippen molar-refractivity contribution in [2.24, 2.45) is 0 Å². The molecule has 0 radical (unpaired) electrons. The standard InChI is InChI=1S/C10H14N2O3/c1-7(15-2)5-12-10(14)8-3-4-9(13)11-6-8/h3-4,6-7H,5H2,1-2H3,(H,11,13)(H,12,14). The molecule has 0 aliphatic carbocycles. The molecule has 0 spiro atoms. The van der Waals surface area contributed by atoms with Crippen molar-refractivity contribution in [2.45, 2.75) is 13.0 Å². The third-order valence-corrected chi connectivity index (χ3v) is 2.00. The van der Waals surface area contributed by atoms with Gasteiger partial charge in [-0.3, -0.25) is 9.59 Å². The molecule has 1 unspecified atom stereocenters. The van der Waals surface area contributed by atoms with E-state index in [0.717, 1.165) is 0 Å². The maximum atomic E-state index is 11.5. The number of carbonyl (C=O) groups excluding carboxylic acids is 1. The maximum Gasteiger partial charge on any atom is 0.252 e. The molecule has 0 aliphatic heterocycles. The van der Waals surface area contributed by atoms with Crippen molar-refractivity contribution in [1.82, 2.24) is 10.3 Å². The fraction of sp³-hybridized carbons (Fsp3) is 0.400. The van der Waals surface area contributed by atoms with Crippen molar-refractivity contribution < 1.29 is 9.53 Å². The van der Waals surface area contributed by atoms with Crippen molar-refractivity contribution in [1.29, 1.82) is 0 Å². The van der Waals surface area contributed by atoms with Crippen LogP contribution in [-0.4, -0.2) is 30.6 Å². The molecule has 1 aromatic rings. The van der Waals surface area contributed by atoms with Crippen molar-refractivity contribution in [3.05, 3.63) is 34.2 Å². The number of amides is 1. The zero-order valence-corrected chi connectivity index (χ0v) is 8.74. The van der Waals surface area contributed by atoms with Crippen LogP contribution in [0, 0.1) is 0 Å². The fourth-order valence-corrected chi connectivity index (χ4v) is 0.974. The third-order valence-electron chi connectivity index (χ3n) is 2.00. The third kappa shape index (κ3) is 3.55. The smallest absolute Gasteiger partial charge is 0.252 e. The Kier molecular flexibility index (Phi) is 4.05. The molecule has 1 amide bonds. The fourth-order valence-electron chi connectivity index (χ4n) is 0.974. The monoisotopic (exact) mass is 210 g/mol. The van der Waals surface area contributed by atoms with Crippen LogP contribution >= 0.6 is 0 Å². The normalized spacial score (nSPS) is 12.1. The zero-order chi connectivity index (χ0) is 11.3. The molecule has 5 heteroatoms. The number of aromatic nitrogens is 1. The average molecular weight is 210 g/mol. The largest absolute Gasteiger partial charge is 0.380 e. The minimum atomic E-state index is -0.227. The van der Waals surface area contributed by atoms with Gasteiger partial charge in [-0.15, -0.1) is 0 Å². The van der Waals surface area contributed by atoms with Crippen LogP contribution in [0.4, 0.5) is 0 Å². The first kappa shape index (κ1) is 11.5. The molecule has 1 aromatic heterocycles. The summed E-state index contributed by atoms with van der Waals surface area (Å²) in [5, 5.41) is 2.68. The Balaban J connectivity index is 2.54. The highest BCUT2D eigenvalue weighted by Gasteiger charge is 2.06. The predicted octanol–water partition coefficient (Wildman–Crippen LogP) is 0.140. The summed E-state index contributed by atoms with van der Waals surface area (Å²) in [7, 11) is 1.58. The van der Waals surface area contributed by atoms with Gasteiger partial charge in [0.1, 0.15) is 0 Å². The van der Waals surface area contributed by atoms with Gasteiger partial charge >= 0.3 is 0 Å². The Morgan fingerprint density at radius 2 is 2.33 bits per heavy atom. The lowest BCUT2D eigenvalue weighted by Crippen LogP contribution is -2.31. The maximum absolute atomic E-state index is 11.5. The number of carbonyl (C=O) groups is 1. The summed E-state index contributed by atoms with van der Waals surface area (Å²) in [4.78, 5) is 24.7. The Bertz CT molecular complexity index is 366. The lowest BCUT2D eigenvalue weighted by atomic mass is 10.2. The van der Waals surface area contributed by atoms with Crippen molar-refractivity contribution >= 4 is 5.91 Å². The van der Waals surface area contributed by atoms with E-state index in [1.807, 2.05) is 6.92 Å². The topological polar surface area (TPSA) is 71.2 Å². The Morgan fingerprint density at radius 1 is 1.60 bits per heavy atom. The number of H-pyrrole nitrogens is 1. The molecule has 15 heavy (non-hydrogen) atoms. The first-order valence-electron chi connectivity index (χ1n) is 4.63. The van der Waals surface area contributed by atoms with Gasteiger partial charge in [-0.2, -0.15) is 0 Å². The van der Waals surface area contributed by atoms with E-state index in [9.17, 15) is 9.59 Å². The van der Waals surface area contributed by atoms with Crippen LogP contribution in [-0.2, 0) is 4.74 Å². The van der Waals surface area contributed by atoms with Crippen LogP contribution < -0.4 is 10.9 Å². The molecule has 0 saturated heterocycles. The Morgan fingerprint density at radius 3 is 2.87 bits per heavy atom. The second kappa shape index (κ2) is 5.31. The van der Waals surface area contributed by atoms with E-state index in [2.05, 4.69) is 10.3 Å². The number of methoxy groups -OCH3 is 1. The molecule has 0 fully saturated rings. The van der Waals surface area contributed by atoms with Crippen molar-refractivity contribution in [2.75, 3.05) is 13.7 Å². The van der Waals surface area contributed by atoms with E-state index in [1.54, 1.807) is 7.11 Å². The molecule has 0 saturated carbocycles. The molecular weight excluding hydrogens is 196 g/mol. The average Bonchev–Trinajstić information content (AvgIpc) is 2.26. The molecule has 1 heterocycles. The lowest BCUT2D eigenvalue weighted by Gasteiger charge is -2.10. The minimum Gasteiger partial charge on any atom is -0.380 e. The van der Waals surface area contributed by atoms with E-state index < -0.39 is 0 Å².